The van der Waals surface area contributed by atoms with Crippen molar-refractivity contribution < 1.29 is 9.47 Å². The molecule has 0 aliphatic heterocycles. The molecule has 78 valence electrons. The van der Waals surface area contributed by atoms with Crippen LogP contribution in [0, 0.1) is 3.57 Å². The molecule has 0 radical (unpaired) electrons. The molecule has 0 spiro atoms. The number of rotatable bonds is 4. The monoisotopic (exact) mass is 307 g/mol. The fourth-order valence-electron chi connectivity index (χ4n) is 1.27. The number of hydrogen-bond acceptors (Lipinski definition) is 3. The second-order valence-electron chi connectivity index (χ2n) is 2.84. The van der Waals surface area contributed by atoms with E-state index in [2.05, 4.69) is 22.6 Å². The molecule has 2 N–H and O–H groups in total. The highest BCUT2D eigenvalue weighted by Crippen LogP contribution is 2.29. The minimum absolute atomic E-state index is 0.611. The first-order valence-corrected chi connectivity index (χ1v) is 5.41. The minimum Gasteiger partial charge on any atom is -0.496 e. The summed E-state index contributed by atoms with van der Waals surface area (Å²) in [5.41, 5.74) is 6.61. The highest BCUT2D eigenvalue weighted by molar-refractivity contribution is 14.1. The largest absolute Gasteiger partial charge is 0.496 e. The van der Waals surface area contributed by atoms with Gasteiger partial charge in [-0.25, -0.2) is 0 Å². The number of nitrogens with two attached hydrogens (primary N) is 1. The molecule has 0 fully saturated rings. The van der Waals surface area contributed by atoms with Crippen molar-refractivity contribution in [3.63, 3.8) is 0 Å². The standard InChI is InChI=1S/C10H14INO2/c1-13-9-6-8(11)10(14-2)5-7(9)3-4-12/h5-6H,3-4,12H2,1-2H3. The maximum atomic E-state index is 5.52. The van der Waals surface area contributed by atoms with Crippen LogP contribution >= 0.6 is 22.6 Å². The van der Waals surface area contributed by atoms with Gasteiger partial charge < -0.3 is 15.2 Å². The van der Waals surface area contributed by atoms with Crippen LogP contribution in [0.1, 0.15) is 5.56 Å². The Morgan fingerprint density at radius 3 is 2.36 bits per heavy atom. The molecule has 1 rings (SSSR count). The normalized spacial score (nSPS) is 10.0. The molecule has 4 heteroatoms. The van der Waals surface area contributed by atoms with Gasteiger partial charge in [-0.2, -0.15) is 0 Å². The summed E-state index contributed by atoms with van der Waals surface area (Å²) in [5, 5.41) is 0. The van der Waals surface area contributed by atoms with E-state index in [1.807, 2.05) is 12.1 Å². The van der Waals surface area contributed by atoms with Crippen molar-refractivity contribution in [1.29, 1.82) is 0 Å². The van der Waals surface area contributed by atoms with Crippen LogP contribution in [0.25, 0.3) is 0 Å². The Morgan fingerprint density at radius 2 is 1.86 bits per heavy atom. The molecular weight excluding hydrogens is 293 g/mol. The van der Waals surface area contributed by atoms with Crippen LogP contribution in [0.3, 0.4) is 0 Å². The smallest absolute Gasteiger partial charge is 0.132 e. The Labute approximate surface area is 97.7 Å². The van der Waals surface area contributed by atoms with Gasteiger partial charge in [-0.3, -0.25) is 0 Å². The van der Waals surface area contributed by atoms with Crippen LogP contribution in [0.5, 0.6) is 11.5 Å². The average Bonchev–Trinajstić information content (AvgIpc) is 2.20. The fourth-order valence-corrected chi connectivity index (χ4v) is 1.93. The molecule has 14 heavy (non-hydrogen) atoms. The topological polar surface area (TPSA) is 44.5 Å². The number of ether oxygens (including phenoxy) is 2. The lowest BCUT2D eigenvalue weighted by Crippen LogP contribution is -2.05. The number of hydrogen-bond donors (Lipinski definition) is 1. The van der Waals surface area contributed by atoms with Gasteiger partial charge in [0.15, 0.2) is 0 Å². The minimum atomic E-state index is 0.611. The quantitative estimate of drug-likeness (QED) is 0.863. The summed E-state index contributed by atoms with van der Waals surface area (Å²) in [6.07, 6.45) is 0.802. The lowest BCUT2D eigenvalue weighted by molar-refractivity contribution is 0.396. The molecule has 0 amide bonds. The van der Waals surface area contributed by atoms with E-state index in [1.54, 1.807) is 14.2 Å². The average molecular weight is 307 g/mol. The van der Waals surface area contributed by atoms with E-state index in [0.717, 1.165) is 27.1 Å². The van der Waals surface area contributed by atoms with Crippen molar-refractivity contribution in [3.05, 3.63) is 21.3 Å². The van der Waals surface area contributed by atoms with Crippen molar-refractivity contribution in [2.75, 3.05) is 20.8 Å². The van der Waals surface area contributed by atoms with E-state index < -0.39 is 0 Å². The van der Waals surface area contributed by atoms with Gasteiger partial charge >= 0.3 is 0 Å². The molecular formula is C10H14INO2. The Balaban J connectivity index is 3.11. The van der Waals surface area contributed by atoms with Gasteiger partial charge in [0.2, 0.25) is 0 Å². The summed E-state index contributed by atoms with van der Waals surface area (Å²) in [7, 11) is 3.33. The van der Waals surface area contributed by atoms with E-state index in [1.165, 1.54) is 0 Å². The molecule has 0 bridgehead atoms. The summed E-state index contributed by atoms with van der Waals surface area (Å²) in [5.74, 6) is 1.75. The van der Waals surface area contributed by atoms with Gasteiger partial charge in [-0.15, -0.1) is 0 Å². The van der Waals surface area contributed by atoms with Crippen molar-refractivity contribution in [1.82, 2.24) is 0 Å². The van der Waals surface area contributed by atoms with E-state index >= 15 is 0 Å². The van der Waals surface area contributed by atoms with Crippen molar-refractivity contribution in [3.8, 4) is 11.5 Å². The lowest BCUT2D eigenvalue weighted by atomic mass is 10.1. The Hall–Kier alpha value is -0.490. The molecule has 0 saturated heterocycles. The molecule has 3 nitrogen and oxygen atoms in total. The molecule has 1 aromatic rings. The Kier molecular flexibility index (Phi) is 4.47. The first kappa shape index (κ1) is 11.6. The molecule has 0 aliphatic rings. The summed E-state index contributed by atoms with van der Waals surface area (Å²) in [6, 6.07) is 3.94. The summed E-state index contributed by atoms with van der Waals surface area (Å²) < 4.78 is 11.5. The van der Waals surface area contributed by atoms with Crippen LogP contribution in [-0.2, 0) is 6.42 Å². The molecule has 0 atom stereocenters. The third-order valence-corrected chi connectivity index (χ3v) is 2.81. The first-order chi connectivity index (χ1) is 6.72. The third kappa shape index (κ3) is 2.51. The van der Waals surface area contributed by atoms with Crippen LogP contribution in [0.15, 0.2) is 12.1 Å². The Morgan fingerprint density at radius 1 is 1.21 bits per heavy atom. The maximum Gasteiger partial charge on any atom is 0.132 e. The predicted octanol–water partition coefficient (Wildman–Crippen LogP) is 1.81. The van der Waals surface area contributed by atoms with Gasteiger partial charge in [-0.1, -0.05) is 0 Å². The predicted molar refractivity (Wildman–Crippen MR) is 65.0 cm³/mol. The van der Waals surface area contributed by atoms with Crippen molar-refractivity contribution in [2.24, 2.45) is 5.73 Å². The second-order valence-corrected chi connectivity index (χ2v) is 4.00. The van der Waals surface area contributed by atoms with Gasteiger partial charge in [0.25, 0.3) is 0 Å². The van der Waals surface area contributed by atoms with Crippen molar-refractivity contribution >= 4 is 22.6 Å². The van der Waals surface area contributed by atoms with E-state index in [-0.39, 0.29) is 0 Å². The summed E-state index contributed by atoms with van der Waals surface area (Å²) >= 11 is 2.22. The van der Waals surface area contributed by atoms with E-state index in [4.69, 9.17) is 15.2 Å². The first-order valence-electron chi connectivity index (χ1n) is 4.33. The zero-order chi connectivity index (χ0) is 10.6. The Bertz CT molecular complexity index is 315. The molecule has 0 aliphatic carbocycles. The zero-order valence-electron chi connectivity index (χ0n) is 8.34. The van der Waals surface area contributed by atoms with Gasteiger partial charge in [0, 0.05) is 0 Å². The van der Waals surface area contributed by atoms with Crippen molar-refractivity contribution in [2.45, 2.75) is 6.42 Å². The van der Waals surface area contributed by atoms with Gasteiger partial charge in [-0.05, 0) is 53.3 Å². The SMILES string of the molecule is COc1cc(CCN)c(OC)cc1I. The zero-order valence-corrected chi connectivity index (χ0v) is 10.5. The third-order valence-electron chi connectivity index (χ3n) is 1.97. The molecule has 0 saturated carbocycles. The van der Waals surface area contributed by atoms with Crippen LogP contribution in [-0.4, -0.2) is 20.8 Å². The number of benzene rings is 1. The van der Waals surface area contributed by atoms with Crippen LogP contribution in [0.4, 0.5) is 0 Å². The number of methoxy groups -OCH3 is 2. The van der Waals surface area contributed by atoms with Gasteiger partial charge in [0.05, 0.1) is 17.8 Å². The van der Waals surface area contributed by atoms with Gasteiger partial charge in [0.1, 0.15) is 11.5 Å². The molecule has 0 unspecified atom stereocenters. The fraction of sp³-hybridized carbons (Fsp3) is 0.400. The molecule has 0 aromatic heterocycles. The van der Waals surface area contributed by atoms with E-state index in [0.29, 0.717) is 6.54 Å². The molecule has 0 heterocycles. The highest BCUT2D eigenvalue weighted by atomic mass is 127. The summed E-state index contributed by atoms with van der Waals surface area (Å²) in [4.78, 5) is 0. The highest BCUT2D eigenvalue weighted by Gasteiger charge is 2.08. The lowest BCUT2D eigenvalue weighted by Gasteiger charge is -2.11. The number of halogens is 1. The summed E-state index contributed by atoms with van der Waals surface area (Å²) in [6.45, 7) is 0.611. The molecule has 1 aromatic carbocycles. The van der Waals surface area contributed by atoms with Crippen LogP contribution < -0.4 is 15.2 Å². The second kappa shape index (κ2) is 5.41. The van der Waals surface area contributed by atoms with Crippen LogP contribution in [0.2, 0.25) is 0 Å². The maximum absolute atomic E-state index is 5.52. The van der Waals surface area contributed by atoms with E-state index in [9.17, 15) is 0 Å².